The average molecular weight is 439 g/mol. The number of rotatable bonds is 7. The fourth-order valence-corrected chi connectivity index (χ4v) is 6.68. The number of carbonyl (C=O) groups excluding carboxylic acids is 2. The summed E-state index contributed by atoms with van der Waals surface area (Å²) in [6.45, 7) is 0. The molecule has 2 aliphatic rings. The van der Waals surface area contributed by atoms with Gasteiger partial charge in [0, 0.05) is 22.6 Å². The number of hydrogen-bond donors (Lipinski definition) is 2. The topological polar surface area (TPSA) is 106 Å². The Morgan fingerprint density at radius 2 is 1.20 bits per heavy atom. The minimum Gasteiger partial charge on any atom is -0.317 e. The van der Waals surface area contributed by atoms with Gasteiger partial charge in [0.05, 0.1) is 11.1 Å². The van der Waals surface area contributed by atoms with Gasteiger partial charge in [-0.05, 0) is 62.5 Å². The maximum absolute atomic E-state index is 12.3. The standard InChI is InChI=1S/C22H22N4O2S2/c23-11-15-13-5-3-7-17(13)29-21(15)25-19(27)9-1-2-10-20(28)26-22-16(12-24)14-6-4-8-18(14)30-22/h1-10H2,(H,25,27)(H,26,28). The van der Waals surface area contributed by atoms with E-state index in [1.807, 2.05) is 0 Å². The van der Waals surface area contributed by atoms with Crippen molar-refractivity contribution in [2.45, 2.75) is 64.2 Å². The Morgan fingerprint density at radius 1 is 0.767 bits per heavy atom. The summed E-state index contributed by atoms with van der Waals surface area (Å²) in [6, 6.07) is 4.46. The number of fused-ring (bicyclic) bond motifs is 2. The van der Waals surface area contributed by atoms with Gasteiger partial charge in [-0.2, -0.15) is 10.5 Å². The van der Waals surface area contributed by atoms with Crippen LogP contribution < -0.4 is 10.6 Å². The molecule has 30 heavy (non-hydrogen) atoms. The molecule has 0 bridgehead atoms. The smallest absolute Gasteiger partial charge is 0.225 e. The Kier molecular flexibility index (Phi) is 6.17. The van der Waals surface area contributed by atoms with E-state index in [9.17, 15) is 20.1 Å². The average Bonchev–Trinajstić information content (AvgIpc) is 3.46. The minimum absolute atomic E-state index is 0.117. The highest BCUT2D eigenvalue weighted by atomic mass is 32.1. The predicted molar refractivity (Wildman–Crippen MR) is 118 cm³/mol. The second-order valence-electron chi connectivity index (χ2n) is 7.65. The van der Waals surface area contributed by atoms with E-state index >= 15 is 0 Å². The first-order valence-corrected chi connectivity index (χ1v) is 11.9. The third-order valence-corrected chi connectivity index (χ3v) is 8.04. The summed E-state index contributed by atoms with van der Waals surface area (Å²) in [6.07, 6.45) is 7.79. The number of thiophene rings is 2. The fraction of sp³-hybridized carbons (Fsp3) is 0.455. The second kappa shape index (κ2) is 8.99. The normalized spacial score (nSPS) is 13.9. The third kappa shape index (κ3) is 4.12. The van der Waals surface area contributed by atoms with Gasteiger partial charge in [0.15, 0.2) is 0 Å². The first kappa shape index (κ1) is 20.6. The number of nitrogens with one attached hydrogen (secondary N) is 2. The lowest BCUT2D eigenvalue weighted by Crippen LogP contribution is -2.13. The maximum Gasteiger partial charge on any atom is 0.225 e. The van der Waals surface area contributed by atoms with Gasteiger partial charge in [0.2, 0.25) is 11.8 Å². The quantitative estimate of drug-likeness (QED) is 0.613. The monoisotopic (exact) mass is 438 g/mol. The van der Waals surface area contributed by atoms with E-state index in [1.54, 1.807) is 0 Å². The number of nitrogens with zero attached hydrogens (tertiary/aromatic N) is 2. The molecule has 2 amide bonds. The molecule has 0 saturated carbocycles. The van der Waals surface area contributed by atoms with Gasteiger partial charge in [-0.15, -0.1) is 22.7 Å². The molecule has 2 aliphatic carbocycles. The Bertz CT molecular complexity index is 998. The van der Waals surface area contributed by atoms with Crippen LogP contribution in [0.2, 0.25) is 0 Å². The van der Waals surface area contributed by atoms with Gasteiger partial charge in [0.25, 0.3) is 0 Å². The van der Waals surface area contributed by atoms with Crippen LogP contribution in [0.25, 0.3) is 0 Å². The number of carbonyl (C=O) groups is 2. The molecule has 0 atom stereocenters. The Hall–Kier alpha value is -2.68. The molecule has 0 fully saturated rings. The number of nitriles is 2. The van der Waals surface area contributed by atoms with Crippen LogP contribution in [0.4, 0.5) is 10.0 Å². The van der Waals surface area contributed by atoms with E-state index in [1.165, 1.54) is 32.4 Å². The number of hydrogen-bond acceptors (Lipinski definition) is 6. The van der Waals surface area contributed by atoms with Crippen molar-refractivity contribution in [1.29, 1.82) is 10.5 Å². The van der Waals surface area contributed by atoms with E-state index < -0.39 is 0 Å². The van der Waals surface area contributed by atoms with Gasteiger partial charge in [-0.3, -0.25) is 9.59 Å². The molecular formula is C22H22N4O2S2. The first-order chi connectivity index (χ1) is 14.6. The summed E-state index contributed by atoms with van der Waals surface area (Å²) in [5.41, 5.74) is 3.45. The van der Waals surface area contributed by atoms with Crippen molar-refractivity contribution in [3.05, 3.63) is 32.0 Å². The highest BCUT2D eigenvalue weighted by molar-refractivity contribution is 7.17. The van der Waals surface area contributed by atoms with Gasteiger partial charge < -0.3 is 10.6 Å². The molecule has 2 N–H and O–H groups in total. The zero-order valence-corrected chi connectivity index (χ0v) is 18.2. The van der Waals surface area contributed by atoms with Crippen LogP contribution >= 0.6 is 22.7 Å². The molecule has 4 rings (SSSR count). The lowest BCUT2D eigenvalue weighted by atomic mass is 10.1. The summed E-state index contributed by atoms with van der Waals surface area (Å²) >= 11 is 3.03. The molecule has 154 valence electrons. The van der Waals surface area contributed by atoms with Crippen molar-refractivity contribution in [3.63, 3.8) is 0 Å². The van der Waals surface area contributed by atoms with Gasteiger partial charge in [-0.25, -0.2) is 0 Å². The molecule has 0 unspecified atom stereocenters. The van der Waals surface area contributed by atoms with Crippen molar-refractivity contribution in [1.82, 2.24) is 0 Å². The second-order valence-corrected chi connectivity index (χ2v) is 9.86. The van der Waals surface area contributed by atoms with E-state index in [4.69, 9.17) is 0 Å². The summed E-state index contributed by atoms with van der Waals surface area (Å²) in [7, 11) is 0. The predicted octanol–water partition coefficient (Wildman–Crippen LogP) is 4.67. The highest BCUT2D eigenvalue weighted by Gasteiger charge is 2.24. The van der Waals surface area contributed by atoms with Crippen molar-refractivity contribution < 1.29 is 9.59 Å². The van der Waals surface area contributed by atoms with Crippen LogP contribution in [0, 0.1) is 22.7 Å². The highest BCUT2D eigenvalue weighted by Crippen LogP contribution is 2.39. The Balaban J connectivity index is 1.22. The fourth-order valence-electron chi connectivity index (χ4n) is 4.17. The SMILES string of the molecule is N#Cc1c(NC(=O)CCCCC(=O)Nc2sc3c(c2C#N)CCC3)sc2c1CCC2. The largest absolute Gasteiger partial charge is 0.317 e. The number of anilines is 2. The zero-order chi connectivity index (χ0) is 21.1. The van der Waals surface area contributed by atoms with Crippen molar-refractivity contribution in [3.8, 4) is 12.1 Å². The lowest BCUT2D eigenvalue weighted by molar-refractivity contribution is -0.118. The van der Waals surface area contributed by atoms with Crippen LogP contribution in [0.3, 0.4) is 0 Å². The molecule has 2 heterocycles. The van der Waals surface area contributed by atoms with Crippen LogP contribution in [-0.2, 0) is 35.3 Å². The van der Waals surface area contributed by atoms with Crippen molar-refractivity contribution in [2.75, 3.05) is 10.6 Å². The zero-order valence-electron chi connectivity index (χ0n) is 16.6. The molecule has 2 aromatic heterocycles. The first-order valence-electron chi connectivity index (χ1n) is 10.3. The van der Waals surface area contributed by atoms with Crippen LogP contribution in [0.5, 0.6) is 0 Å². The molecule has 0 saturated heterocycles. The van der Waals surface area contributed by atoms with Crippen LogP contribution in [-0.4, -0.2) is 11.8 Å². The Labute approximate surface area is 183 Å². The minimum atomic E-state index is -0.117. The molecule has 0 spiro atoms. The summed E-state index contributed by atoms with van der Waals surface area (Å²) < 4.78 is 0. The van der Waals surface area contributed by atoms with Crippen LogP contribution in [0.1, 0.15) is 70.5 Å². The molecule has 8 heteroatoms. The van der Waals surface area contributed by atoms with Gasteiger partial charge >= 0.3 is 0 Å². The number of unbranched alkanes of at least 4 members (excludes halogenated alkanes) is 1. The Morgan fingerprint density at radius 3 is 1.60 bits per heavy atom. The molecule has 0 aromatic carbocycles. The maximum atomic E-state index is 12.3. The molecule has 6 nitrogen and oxygen atoms in total. The van der Waals surface area contributed by atoms with Crippen molar-refractivity contribution in [2.24, 2.45) is 0 Å². The van der Waals surface area contributed by atoms with E-state index in [-0.39, 0.29) is 11.8 Å². The number of aryl methyl sites for hydroxylation is 2. The molecule has 2 aromatic rings. The van der Waals surface area contributed by atoms with E-state index in [2.05, 4.69) is 22.8 Å². The van der Waals surface area contributed by atoms with Gasteiger partial charge in [-0.1, -0.05) is 0 Å². The number of amides is 2. The van der Waals surface area contributed by atoms with E-state index in [0.717, 1.165) is 49.7 Å². The van der Waals surface area contributed by atoms with Gasteiger partial charge in [0.1, 0.15) is 22.1 Å². The summed E-state index contributed by atoms with van der Waals surface area (Å²) in [5.74, 6) is -0.235. The van der Waals surface area contributed by atoms with Crippen LogP contribution in [0.15, 0.2) is 0 Å². The molecular weight excluding hydrogens is 416 g/mol. The van der Waals surface area contributed by atoms with Crippen molar-refractivity contribution >= 4 is 44.5 Å². The lowest BCUT2D eigenvalue weighted by Gasteiger charge is -2.05. The summed E-state index contributed by atoms with van der Waals surface area (Å²) in [4.78, 5) is 27.0. The molecule has 0 radical (unpaired) electrons. The summed E-state index contributed by atoms with van der Waals surface area (Å²) in [5, 5.41) is 25.9. The van der Waals surface area contributed by atoms with E-state index in [0.29, 0.717) is 46.8 Å². The third-order valence-electron chi connectivity index (χ3n) is 5.63. The molecule has 0 aliphatic heterocycles.